The lowest BCUT2D eigenvalue weighted by Crippen LogP contribution is -2.26. The molecule has 14 rings (SSSR count). The van der Waals surface area contributed by atoms with Crippen LogP contribution < -0.4 is 73.1 Å². The first kappa shape index (κ1) is 95.6. The van der Waals surface area contributed by atoms with Gasteiger partial charge in [0.05, 0.1) is 84.5 Å². The van der Waals surface area contributed by atoms with Gasteiger partial charge in [0.15, 0.2) is 11.3 Å². The van der Waals surface area contributed by atoms with E-state index in [-0.39, 0.29) is 112 Å². The topological polar surface area (TPSA) is 669 Å². The normalized spacial score (nSPS) is 17.0. The molecule has 4 aromatic carbocycles. The summed E-state index contributed by atoms with van der Waals surface area (Å²) in [5.74, 6) is 7.53. The fourth-order valence-corrected chi connectivity index (χ4v) is 20.4. The number of nitrogens with two attached hydrogens (primary N) is 2. The number of anilines is 4. The summed E-state index contributed by atoms with van der Waals surface area (Å²) in [6.45, 7) is -1.87. The molecule has 8 aromatic rings. The minimum absolute atomic E-state index is 0.00219. The molecular formula is C78H80N14O32P6. The molecule has 4 aliphatic heterocycles. The summed E-state index contributed by atoms with van der Waals surface area (Å²) >= 11 is 0. The molecule has 130 heavy (non-hydrogen) atoms. The Morgan fingerprint density at radius 3 is 1.32 bits per heavy atom. The molecule has 684 valence electrons. The van der Waals surface area contributed by atoms with Crippen LogP contribution in [0, 0.1) is 23.7 Å². The van der Waals surface area contributed by atoms with Gasteiger partial charge in [-0.05, 0) is 97.5 Å². The third-order valence-corrected chi connectivity index (χ3v) is 27.6. The van der Waals surface area contributed by atoms with Crippen molar-refractivity contribution in [2.24, 2.45) is 0 Å². The van der Waals surface area contributed by atoms with Crippen molar-refractivity contribution >= 4 is 138 Å². The van der Waals surface area contributed by atoms with Gasteiger partial charge in [0, 0.05) is 132 Å². The molecule has 0 spiro atoms. The molecule has 16 N–H and O–H groups in total. The molecule has 2 aliphatic carbocycles. The molecule has 0 saturated carbocycles. The lowest BCUT2D eigenvalue weighted by Gasteiger charge is -2.20. The third-order valence-electron chi connectivity index (χ3n) is 20.0. The third kappa shape index (κ3) is 22.4. The maximum Gasteiger partial charge on any atom is 0.490 e. The van der Waals surface area contributed by atoms with Gasteiger partial charge in [-0.15, -0.1) is 0 Å². The Bertz CT molecular complexity index is 7280. The van der Waals surface area contributed by atoms with Crippen LogP contribution in [0.25, 0.3) is 88.9 Å². The van der Waals surface area contributed by atoms with E-state index >= 15 is 0 Å². The number of H-pyrrole nitrogens is 2. The van der Waals surface area contributed by atoms with Crippen LogP contribution in [0.5, 0.6) is 0 Å². The second-order valence-corrected chi connectivity index (χ2v) is 38.7. The van der Waals surface area contributed by atoms with Gasteiger partial charge < -0.3 is 118 Å². The van der Waals surface area contributed by atoms with Crippen LogP contribution in [-0.4, -0.2) is 187 Å². The van der Waals surface area contributed by atoms with E-state index in [0.29, 0.717) is 61.3 Å². The van der Waals surface area contributed by atoms with Crippen LogP contribution in [-0.2, 0) is 63.2 Å². The predicted molar refractivity (Wildman–Crippen MR) is 462 cm³/mol. The number of phosphoric ester groups is 2. The number of fused-ring (bicyclic) bond motifs is 6. The van der Waals surface area contributed by atoms with Gasteiger partial charge in [0.2, 0.25) is 22.6 Å². The number of carbonyl (C=O) groups is 4. The number of nitrogens with zero attached hydrogens (tertiary/aromatic N) is 8. The number of carboxylic acid groups (broad SMARTS) is 2. The number of rotatable bonds is 26. The number of aromatic amines is 2. The van der Waals surface area contributed by atoms with Crippen molar-refractivity contribution in [1.29, 1.82) is 0 Å². The van der Waals surface area contributed by atoms with Crippen LogP contribution >= 0.6 is 46.9 Å². The van der Waals surface area contributed by atoms with Crippen LogP contribution in [0.15, 0.2) is 140 Å². The fourth-order valence-electron chi connectivity index (χ4n) is 14.3. The first-order valence-electron chi connectivity index (χ1n) is 38.3. The van der Waals surface area contributed by atoms with E-state index in [2.05, 4.69) is 71.5 Å². The van der Waals surface area contributed by atoms with Crippen molar-refractivity contribution in [1.82, 2.24) is 48.9 Å². The highest BCUT2D eigenvalue weighted by Gasteiger charge is 2.44. The van der Waals surface area contributed by atoms with E-state index in [0.717, 1.165) is 22.1 Å². The highest BCUT2D eigenvalue weighted by atomic mass is 31.3. The molecular weight excluding hydrogens is 1830 g/mol. The molecule has 8 heterocycles. The molecule has 0 radical (unpaired) electrons. The second kappa shape index (κ2) is 37.9. The number of hydrogen-bond donors (Lipinski definition) is 14. The zero-order chi connectivity index (χ0) is 94.3. The Hall–Kier alpha value is -12.0. The predicted octanol–water partition coefficient (Wildman–Crippen LogP) is 4.18. The van der Waals surface area contributed by atoms with Gasteiger partial charge >= 0.3 is 46.9 Å². The molecule has 6 aliphatic rings. The zero-order valence-corrected chi connectivity index (χ0v) is 74.7. The first-order valence-corrected chi connectivity index (χ1v) is 47.3. The molecule has 2 amide bonds. The number of benzene rings is 6. The van der Waals surface area contributed by atoms with Crippen LogP contribution in [0.4, 0.5) is 23.3 Å². The van der Waals surface area contributed by atoms with E-state index in [1.165, 1.54) is 57.9 Å². The van der Waals surface area contributed by atoms with Gasteiger partial charge in [-0.2, -0.15) is 27.2 Å². The number of hydrogen-bond acceptors (Lipinski definition) is 30. The Morgan fingerprint density at radius 1 is 0.515 bits per heavy atom. The number of carbonyl (C=O) groups excluding carboxylic acids is 4. The van der Waals surface area contributed by atoms with Crippen molar-refractivity contribution in [3.8, 4) is 68.6 Å². The Morgan fingerprint density at radius 2 is 0.915 bits per heavy atom. The lowest BCUT2D eigenvalue weighted by atomic mass is 9.89. The Balaban J connectivity index is 0.000000222. The molecule has 2 fully saturated rings. The summed E-state index contributed by atoms with van der Waals surface area (Å²) < 4.78 is 125. The molecule has 52 heteroatoms. The number of aromatic nitrogens is 6. The van der Waals surface area contributed by atoms with Crippen molar-refractivity contribution in [3.05, 3.63) is 186 Å². The number of nitrogen functional groups attached to an aromatic ring is 2. The SMILES string of the molecule is CN(C)c1ccc2c(-c3cc(C(=O)NCC#Cc4cn([C@H]5CC[C@@H](COP(=O)(O)OP(=O)(O)OP(=O)(O)O)O5)c5nc(N)[nH]c(=O)c45)ccc3C(=O)[O-])c3ccc(=[N+](C)C)cc-3oc2c1.CN(C)c1ccc2c(-c3ccc(C(=O)NCC#Cc4cn([C@H]5CC[C@@H](COP(=O)(O)OP(=O)(O)OP(=O)(O)O)O5)c5nc(N)[nH]c(=O)c45)cc3C(=O)[O-])c3ccc(=[N+](C)C)cc-3oc2c1. The number of nitrogens with one attached hydrogen (secondary N) is 4. The Labute approximate surface area is 733 Å². The average molecular weight is 1910 g/mol. The fraction of sp³-hybridized carbons (Fsp3) is 0.256. The second-order valence-electron chi connectivity index (χ2n) is 29.9. The summed E-state index contributed by atoms with van der Waals surface area (Å²) in [5.41, 5.74) is 16.0. The summed E-state index contributed by atoms with van der Waals surface area (Å²) in [7, 11) is -18.4. The van der Waals surface area contributed by atoms with E-state index in [1.54, 1.807) is 0 Å². The molecule has 8 atom stereocenters. The summed E-state index contributed by atoms with van der Waals surface area (Å²) in [6.07, 6.45) is 0.0755. The largest absolute Gasteiger partial charge is 0.545 e. The highest BCUT2D eigenvalue weighted by Crippen LogP contribution is 2.68. The quantitative estimate of drug-likeness (QED) is 0.0156. The van der Waals surface area contributed by atoms with Crippen molar-refractivity contribution < 1.29 is 141 Å². The molecule has 46 nitrogen and oxygen atoms in total. The number of phosphoric acid groups is 6. The van der Waals surface area contributed by atoms with E-state index < -0.39 is 120 Å². The van der Waals surface area contributed by atoms with Gasteiger partial charge in [-0.25, -0.2) is 36.5 Å². The van der Waals surface area contributed by atoms with E-state index in [1.807, 2.05) is 148 Å². The maximum absolute atomic E-state index is 13.7. The minimum Gasteiger partial charge on any atom is -0.545 e. The molecule has 4 unspecified atom stereocenters. The summed E-state index contributed by atoms with van der Waals surface area (Å²) in [6, 6.07) is 30.6. The lowest BCUT2D eigenvalue weighted by molar-refractivity contribution is -0.256. The summed E-state index contributed by atoms with van der Waals surface area (Å²) in [5, 5.41) is 33.6. The van der Waals surface area contributed by atoms with E-state index in [9.17, 15) is 85.9 Å². The smallest absolute Gasteiger partial charge is 0.490 e. The summed E-state index contributed by atoms with van der Waals surface area (Å²) in [4.78, 5) is 169. The molecule has 0 bridgehead atoms. The van der Waals surface area contributed by atoms with Crippen molar-refractivity contribution in [3.63, 3.8) is 0 Å². The first-order chi connectivity index (χ1) is 61.0. The monoisotopic (exact) mass is 1910 g/mol. The van der Waals surface area contributed by atoms with Crippen LogP contribution in [0.1, 0.15) is 90.7 Å². The molecule has 4 aromatic heterocycles. The maximum atomic E-state index is 13.7. The Kier molecular flexibility index (Phi) is 27.8. The van der Waals surface area contributed by atoms with Crippen molar-refractivity contribution in [2.45, 2.75) is 50.3 Å². The minimum atomic E-state index is -5.73. The average Bonchev–Trinajstić information content (AvgIpc) is 1.16. The number of amides is 2. The standard InChI is InChI=1S/2C39H40N7O16P3/c1-44(2)23-8-12-27-30(17-23)60-31-18-24(45(3)4)9-13-28(31)34(27)29-16-21(7-11-26(29)38(49)50)36(47)41-15-5-6-22-19-46(35-33(22)37(48)43-39(40)42-35)32-14-10-25(59-32)20-58-64(54,55)62-65(56,57)61-63(51,52)53;1-44(2)23-8-12-27-30(17-23)60-31-18-24(45(3)4)9-13-28(31)34(27)26-11-7-21(16-29(26)38(49)50)36(47)41-15-5-6-22-19-46(35-33(22)37(48)43-39(40)42-35)32-14-10-25(59-32)20-58-64(54,55)62-65(56,57)61-63(51,52)53/h2*7-9,11-13,16-19,25,32H,10,14-15,20H2,1-4H3,(H8-,40,41,42,43,47,48,49,50,51,52,53,54,55,56,57)/t2*25-,32+/m00/s1. The zero-order valence-electron chi connectivity index (χ0n) is 69.3. The van der Waals surface area contributed by atoms with Crippen LogP contribution in [0.2, 0.25) is 0 Å². The van der Waals surface area contributed by atoms with Gasteiger partial charge in [-0.1, -0.05) is 35.8 Å². The van der Waals surface area contributed by atoms with Crippen molar-refractivity contribution in [2.75, 3.05) is 104 Å². The number of ether oxygens (including phenoxy) is 2. The van der Waals surface area contributed by atoms with E-state index in [4.69, 9.17) is 58.4 Å². The molecule has 2 saturated heterocycles. The van der Waals surface area contributed by atoms with Crippen LogP contribution in [0.3, 0.4) is 0 Å². The highest BCUT2D eigenvalue weighted by molar-refractivity contribution is 7.67. The van der Waals surface area contributed by atoms with Gasteiger partial charge in [0.25, 0.3) is 22.9 Å². The number of aromatic carboxylic acids is 2. The van der Waals surface area contributed by atoms with Gasteiger partial charge in [0.1, 0.15) is 63.3 Å². The van der Waals surface area contributed by atoms with Gasteiger partial charge in [-0.3, -0.25) is 38.2 Å². The number of carboxylic acids is 2.